The summed E-state index contributed by atoms with van der Waals surface area (Å²) in [7, 11) is 0. The Labute approximate surface area is 154 Å². The average molecular weight is 364 g/mol. The van der Waals surface area contributed by atoms with Gasteiger partial charge in [-0.05, 0) is 45.7 Å². The highest BCUT2D eigenvalue weighted by molar-refractivity contribution is 5.92. The van der Waals surface area contributed by atoms with Crippen molar-refractivity contribution < 1.29 is 23.9 Å². The summed E-state index contributed by atoms with van der Waals surface area (Å²) >= 11 is 0. The molecule has 1 aromatic heterocycles. The van der Waals surface area contributed by atoms with Crippen LogP contribution in [0.3, 0.4) is 0 Å². The fraction of sp³-hybridized carbons (Fsp3) is 0.579. The third-order valence-corrected chi connectivity index (χ3v) is 3.36. The summed E-state index contributed by atoms with van der Waals surface area (Å²) in [6.45, 7) is 7.00. The number of rotatable bonds is 9. The fourth-order valence-electron chi connectivity index (χ4n) is 2.28. The number of nitrogens with one attached hydrogen (secondary N) is 1. The second-order valence-electron chi connectivity index (χ2n) is 6.99. The Balaban J connectivity index is 2.53. The van der Waals surface area contributed by atoms with Crippen molar-refractivity contribution in [1.29, 1.82) is 0 Å². The van der Waals surface area contributed by atoms with Crippen molar-refractivity contribution in [3.63, 3.8) is 0 Å². The molecule has 1 aromatic rings. The van der Waals surface area contributed by atoms with Crippen LogP contribution in [0.25, 0.3) is 0 Å². The van der Waals surface area contributed by atoms with Crippen LogP contribution in [0.4, 0.5) is 0 Å². The van der Waals surface area contributed by atoms with Gasteiger partial charge in [0.25, 0.3) is 5.91 Å². The van der Waals surface area contributed by atoms with Gasteiger partial charge in [0, 0.05) is 32.0 Å². The Kier molecular flexibility index (Phi) is 8.75. The summed E-state index contributed by atoms with van der Waals surface area (Å²) in [4.78, 5) is 39.0. The van der Waals surface area contributed by atoms with E-state index < -0.39 is 5.60 Å². The lowest BCUT2D eigenvalue weighted by Gasteiger charge is -2.21. The smallest absolute Gasteiger partial charge is 0.306 e. The second-order valence-corrected chi connectivity index (χ2v) is 6.99. The number of carbonyl (C=O) groups excluding carboxylic acids is 3. The van der Waals surface area contributed by atoms with Gasteiger partial charge in [0.05, 0.1) is 6.61 Å². The molecule has 1 heterocycles. The molecule has 7 heteroatoms. The van der Waals surface area contributed by atoms with Gasteiger partial charge in [-0.15, -0.1) is 0 Å². The molecule has 1 N–H and O–H groups in total. The predicted octanol–water partition coefficient (Wildman–Crippen LogP) is 2.65. The number of nitrogens with zero attached hydrogens (tertiary/aromatic N) is 1. The van der Waals surface area contributed by atoms with Crippen molar-refractivity contribution in [2.24, 2.45) is 0 Å². The molecule has 0 aliphatic carbocycles. The molecule has 1 atom stereocenters. The van der Waals surface area contributed by atoms with E-state index in [1.807, 2.05) is 20.8 Å². The van der Waals surface area contributed by atoms with Crippen molar-refractivity contribution in [3.8, 4) is 0 Å². The SMILES string of the molecule is CC(=O)OCCC(CCCC(=O)OC(C)(C)C)NC(=O)c1ccccn1. The zero-order valence-corrected chi connectivity index (χ0v) is 15.9. The number of ether oxygens (including phenoxy) is 2. The summed E-state index contributed by atoms with van der Waals surface area (Å²) in [6, 6.07) is 4.86. The highest BCUT2D eigenvalue weighted by atomic mass is 16.6. The van der Waals surface area contributed by atoms with Gasteiger partial charge < -0.3 is 14.8 Å². The highest BCUT2D eigenvalue weighted by Gasteiger charge is 2.18. The molecule has 0 spiro atoms. The number of pyridine rings is 1. The van der Waals surface area contributed by atoms with Gasteiger partial charge in [0.15, 0.2) is 0 Å². The van der Waals surface area contributed by atoms with Crippen molar-refractivity contribution in [2.45, 2.75) is 65.0 Å². The van der Waals surface area contributed by atoms with Crippen LogP contribution in [-0.4, -0.2) is 41.1 Å². The van der Waals surface area contributed by atoms with Crippen molar-refractivity contribution in [2.75, 3.05) is 6.61 Å². The number of hydrogen-bond donors (Lipinski definition) is 1. The van der Waals surface area contributed by atoms with Crippen molar-refractivity contribution in [3.05, 3.63) is 30.1 Å². The summed E-state index contributed by atoms with van der Waals surface area (Å²) in [5.74, 6) is -0.934. The van der Waals surface area contributed by atoms with E-state index in [2.05, 4.69) is 10.3 Å². The third-order valence-electron chi connectivity index (χ3n) is 3.36. The monoisotopic (exact) mass is 364 g/mol. The Morgan fingerprint density at radius 2 is 1.92 bits per heavy atom. The molecule has 144 valence electrons. The van der Waals surface area contributed by atoms with Crippen molar-refractivity contribution in [1.82, 2.24) is 10.3 Å². The lowest BCUT2D eigenvalue weighted by molar-refractivity contribution is -0.155. The molecule has 0 aliphatic rings. The van der Waals surface area contributed by atoms with Crippen LogP contribution in [0, 0.1) is 0 Å². The molecule has 0 fully saturated rings. The third kappa shape index (κ3) is 9.76. The topological polar surface area (TPSA) is 94.6 Å². The van der Waals surface area contributed by atoms with Crippen LogP contribution in [0.1, 0.15) is 63.9 Å². The average Bonchev–Trinajstić information content (AvgIpc) is 2.53. The van der Waals surface area contributed by atoms with E-state index in [0.717, 1.165) is 0 Å². The van der Waals surface area contributed by atoms with Crippen LogP contribution in [0.2, 0.25) is 0 Å². The van der Waals surface area contributed by atoms with Crippen molar-refractivity contribution >= 4 is 17.8 Å². The van der Waals surface area contributed by atoms with Crippen LogP contribution in [-0.2, 0) is 19.1 Å². The Morgan fingerprint density at radius 1 is 1.19 bits per heavy atom. The van der Waals surface area contributed by atoms with Gasteiger partial charge in [-0.1, -0.05) is 6.07 Å². The summed E-state index contributed by atoms with van der Waals surface area (Å²) < 4.78 is 10.2. The number of aromatic nitrogens is 1. The zero-order chi connectivity index (χ0) is 19.6. The van der Waals surface area contributed by atoms with Crippen LogP contribution < -0.4 is 5.32 Å². The molecular weight excluding hydrogens is 336 g/mol. The van der Waals surface area contributed by atoms with Gasteiger partial charge in [-0.25, -0.2) is 0 Å². The lowest BCUT2D eigenvalue weighted by atomic mass is 10.1. The molecule has 0 bridgehead atoms. The highest BCUT2D eigenvalue weighted by Crippen LogP contribution is 2.12. The molecule has 26 heavy (non-hydrogen) atoms. The number of hydrogen-bond acceptors (Lipinski definition) is 6. The van der Waals surface area contributed by atoms with Crippen LogP contribution in [0.15, 0.2) is 24.4 Å². The molecule has 7 nitrogen and oxygen atoms in total. The first-order valence-corrected chi connectivity index (χ1v) is 8.74. The van der Waals surface area contributed by atoms with Gasteiger partial charge in [-0.3, -0.25) is 19.4 Å². The molecule has 1 amide bonds. The molecule has 0 saturated carbocycles. The number of amides is 1. The molecule has 0 radical (unpaired) electrons. The fourth-order valence-corrected chi connectivity index (χ4v) is 2.28. The van der Waals surface area contributed by atoms with E-state index >= 15 is 0 Å². The van der Waals surface area contributed by atoms with E-state index in [1.54, 1.807) is 24.4 Å². The summed E-state index contributed by atoms with van der Waals surface area (Å²) in [6.07, 6.45) is 3.40. The first-order valence-electron chi connectivity index (χ1n) is 8.74. The van der Waals surface area contributed by atoms with E-state index in [4.69, 9.17) is 9.47 Å². The number of carbonyl (C=O) groups is 3. The van der Waals surface area contributed by atoms with Gasteiger partial charge in [-0.2, -0.15) is 0 Å². The molecule has 0 saturated heterocycles. The summed E-state index contributed by atoms with van der Waals surface area (Å²) in [5.41, 5.74) is -0.198. The minimum Gasteiger partial charge on any atom is -0.466 e. The Hall–Kier alpha value is -2.44. The normalized spacial score (nSPS) is 12.2. The first-order chi connectivity index (χ1) is 12.2. The maximum Gasteiger partial charge on any atom is 0.306 e. The second kappa shape index (κ2) is 10.5. The minimum atomic E-state index is -0.515. The molecule has 0 aliphatic heterocycles. The van der Waals surface area contributed by atoms with E-state index in [1.165, 1.54) is 6.92 Å². The van der Waals surface area contributed by atoms with Gasteiger partial charge >= 0.3 is 11.9 Å². The Bertz CT molecular complexity index is 596. The quantitative estimate of drug-likeness (QED) is 0.677. The predicted molar refractivity (Wildman–Crippen MR) is 96.4 cm³/mol. The van der Waals surface area contributed by atoms with E-state index in [9.17, 15) is 14.4 Å². The maximum absolute atomic E-state index is 12.3. The van der Waals surface area contributed by atoms with Crippen LogP contribution in [0.5, 0.6) is 0 Å². The largest absolute Gasteiger partial charge is 0.466 e. The minimum absolute atomic E-state index is 0.203. The maximum atomic E-state index is 12.3. The lowest BCUT2D eigenvalue weighted by Crippen LogP contribution is -2.36. The van der Waals surface area contributed by atoms with Gasteiger partial charge in [0.2, 0.25) is 0 Å². The first kappa shape index (κ1) is 21.6. The van der Waals surface area contributed by atoms with E-state index in [0.29, 0.717) is 25.0 Å². The van der Waals surface area contributed by atoms with Gasteiger partial charge in [0.1, 0.15) is 11.3 Å². The molecule has 0 aromatic carbocycles. The molecular formula is C19H28N2O5. The van der Waals surface area contributed by atoms with Crippen LogP contribution >= 0.6 is 0 Å². The van der Waals surface area contributed by atoms with E-state index in [-0.39, 0.29) is 36.9 Å². The molecule has 1 rings (SSSR count). The Morgan fingerprint density at radius 3 is 2.50 bits per heavy atom. The zero-order valence-electron chi connectivity index (χ0n) is 15.9. The molecule has 1 unspecified atom stereocenters. The standard InChI is InChI=1S/C19H28N2O5/c1-14(22)25-13-11-15(8-7-10-17(23)26-19(2,3)4)21-18(24)16-9-5-6-12-20-16/h5-6,9,12,15H,7-8,10-11,13H2,1-4H3,(H,21,24). The number of esters is 2. The summed E-state index contributed by atoms with van der Waals surface area (Å²) in [5, 5.41) is 2.88.